The maximum Gasteiger partial charge on any atom is 0.244 e. The van der Waals surface area contributed by atoms with E-state index < -0.39 is 5.54 Å². The van der Waals surface area contributed by atoms with Gasteiger partial charge in [0.05, 0.1) is 5.54 Å². The van der Waals surface area contributed by atoms with Gasteiger partial charge < -0.3 is 15.6 Å². The number of aromatic nitrogens is 2. The molecular formula is C19H28Cl2N4O. The number of hydrogen-bond donors (Lipinski definition) is 2. The van der Waals surface area contributed by atoms with Crippen LogP contribution in [0.1, 0.15) is 45.4 Å². The third-order valence-electron chi connectivity index (χ3n) is 4.79. The lowest BCUT2D eigenvalue weighted by Crippen LogP contribution is -2.48. The number of carbonyl (C=O) groups excluding carboxylic acids is 1. The molecule has 1 fully saturated rings. The summed E-state index contributed by atoms with van der Waals surface area (Å²) in [5.74, 6) is 0.856. The zero-order valence-electron chi connectivity index (χ0n) is 15.1. The van der Waals surface area contributed by atoms with E-state index in [-0.39, 0.29) is 30.7 Å². The van der Waals surface area contributed by atoms with Gasteiger partial charge in [0.25, 0.3) is 0 Å². The first-order valence-corrected chi connectivity index (χ1v) is 8.84. The highest BCUT2D eigenvalue weighted by atomic mass is 35.5. The topological polar surface area (TPSA) is 72.9 Å². The van der Waals surface area contributed by atoms with Crippen molar-refractivity contribution in [2.24, 2.45) is 5.73 Å². The number of amides is 1. The quantitative estimate of drug-likeness (QED) is 0.756. The Kier molecular flexibility index (Phi) is 8.60. The van der Waals surface area contributed by atoms with Gasteiger partial charge in [-0.1, -0.05) is 38.3 Å². The second-order valence-electron chi connectivity index (χ2n) is 6.70. The van der Waals surface area contributed by atoms with E-state index in [1.165, 1.54) is 0 Å². The molecule has 1 aromatic heterocycles. The minimum atomic E-state index is -0.713. The molecule has 1 amide bonds. The second kappa shape index (κ2) is 9.95. The number of nitrogens with one attached hydrogen (secondary N) is 1. The van der Waals surface area contributed by atoms with Gasteiger partial charge in [-0.3, -0.25) is 4.79 Å². The molecule has 3 rings (SSSR count). The first-order chi connectivity index (χ1) is 11.6. The number of rotatable bonds is 6. The summed E-state index contributed by atoms with van der Waals surface area (Å²) in [6, 6.07) is 7.84. The normalized spacial score (nSPS) is 15.0. The van der Waals surface area contributed by atoms with Crippen LogP contribution in [0.4, 0.5) is 5.69 Å². The van der Waals surface area contributed by atoms with Crippen molar-refractivity contribution in [2.45, 2.75) is 57.5 Å². The Morgan fingerprint density at radius 1 is 1.31 bits per heavy atom. The third kappa shape index (κ3) is 5.00. The van der Waals surface area contributed by atoms with E-state index in [1.807, 2.05) is 36.7 Å². The molecule has 144 valence electrons. The number of imidazole rings is 1. The molecule has 1 aliphatic carbocycles. The van der Waals surface area contributed by atoms with Crippen molar-refractivity contribution in [1.29, 1.82) is 0 Å². The van der Waals surface area contributed by atoms with Gasteiger partial charge >= 0.3 is 0 Å². The van der Waals surface area contributed by atoms with Crippen LogP contribution >= 0.6 is 24.8 Å². The fourth-order valence-electron chi connectivity index (χ4n) is 3.30. The lowest BCUT2D eigenvalue weighted by molar-refractivity contribution is -0.121. The minimum Gasteiger partial charge on any atom is -0.331 e. The summed E-state index contributed by atoms with van der Waals surface area (Å²) in [7, 11) is 0. The molecule has 2 aromatic rings. The number of hydrogen-bond acceptors (Lipinski definition) is 3. The SMILES string of the molecule is CCCCn1ccnc1-c1cccc(NC(=O)C2(N)CCCC2)c1.Cl.Cl. The van der Waals surface area contributed by atoms with Crippen molar-refractivity contribution < 1.29 is 4.79 Å². The maximum atomic E-state index is 12.5. The summed E-state index contributed by atoms with van der Waals surface area (Å²) in [6.45, 7) is 3.13. The van der Waals surface area contributed by atoms with E-state index in [9.17, 15) is 4.79 Å². The number of unbranched alkanes of at least 4 members (excludes halogenated alkanes) is 1. The number of aryl methyl sites for hydroxylation is 1. The Balaban J connectivity index is 0.00000169. The highest BCUT2D eigenvalue weighted by Gasteiger charge is 2.36. The Morgan fingerprint density at radius 2 is 2.04 bits per heavy atom. The lowest BCUT2D eigenvalue weighted by atomic mass is 9.98. The van der Waals surface area contributed by atoms with Gasteiger partial charge in [-0.15, -0.1) is 24.8 Å². The predicted molar refractivity (Wildman–Crippen MR) is 111 cm³/mol. The molecule has 1 saturated carbocycles. The molecule has 0 bridgehead atoms. The summed E-state index contributed by atoms with van der Waals surface area (Å²) >= 11 is 0. The molecule has 0 saturated heterocycles. The Morgan fingerprint density at radius 3 is 2.73 bits per heavy atom. The second-order valence-corrected chi connectivity index (χ2v) is 6.70. The number of nitrogens with zero attached hydrogens (tertiary/aromatic N) is 2. The number of nitrogens with two attached hydrogens (primary N) is 1. The van der Waals surface area contributed by atoms with Crippen LogP contribution in [0.25, 0.3) is 11.4 Å². The van der Waals surface area contributed by atoms with E-state index in [0.29, 0.717) is 0 Å². The molecule has 0 aliphatic heterocycles. The fraction of sp³-hybridized carbons (Fsp3) is 0.474. The van der Waals surface area contributed by atoms with Gasteiger partial charge in [0.1, 0.15) is 5.82 Å². The smallest absolute Gasteiger partial charge is 0.244 e. The molecule has 3 N–H and O–H groups in total. The summed E-state index contributed by atoms with van der Waals surface area (Å²) in [5, 5.41) is 2.99. The number of halogens is 2. The Hall–Kier alpha value is -1.56. The molecule has 0 atom stereocenters. The number of anilines is 1. The Labute approximate surface area is 167 Å². The summed E-state index contributed by atoms with van der Waals surface area (Å²) < 4.78 is 2.16. The van der Waals surface area contributed by atoms with Crippen molar-refractivity contribution in [2.75, 3.05) is 5.32 Å². The summed E-state index contributed by atoms with van der Waals surface area (Å²) in [5.41, 5.74) is 7.30. The number of carbonyl (C=O) groups is 1. The van der Waals surface area contributed by atoms with Gasteiger partial charge in [0.2, 0.25) is 5.91 Å². The predicted octanol–water partition coefficient (Wildman–Crippen LogP) is 4.40. The molecule has 1 aliphatic rings. The molecule has 1 aromatic carbocycles. The molecule has 7 heteroatoms. The Bertz CT molecular complexity index is 711. The van der Waals surface area contributed by atoms with E-state index in [0.717, 1.165) is 62.1 Å². The van der Waals surface area contributed by atoms with Crippen LogP contribution in [0.2, 0.25) is 0 Å². The van der Waals surface area contributed by atoms with Crippen molar-refractivity contribution >= 4 is 36.4 Å². The molecule has 5 nitrogen and oxygen atoms in total. The van der Waals surface area contributed by atoms with E-state index in [4.69, 9.17) is 5.73 Å². The van der Waals surface area contributed by atoms with Crippen LogP contribution in [0.15, 0.2) is 36.7 Å². The maximum absolute atomic E-state index is 12.5. The first kappa shape index (κ1) is 22.5. The molecule has 0 unspecified atom stereocenters. The van der Waals surface area contributed by atoms with Gasteiger partial charge in [0.15, 0.2) is 0 Å². The average Bonchev–Trinajstić information content (AvgIpc) is 3.23. The fourth-order valence-corrected chi connectivity index (χ4v) is 3.30. The van der Waals surface area contributed by atoms with E-state index >= 15 is 0 Å². The van der Waals surface area contributed by atoms with Crippen LogP contribution in [-0.4, -0.2) is 21.0 Å². The lowest BCUT2D eigenvalue weighted by Gasteiger charge is -2.22. The van der Waals surface area contributed by atoms with Gasteiger partial charge in [-0.2, -0.15) is 0 Å². The van der Waals surface area contributed by atoms with Crippen LogP contribution in [0.5, 0.6) is 0 Å². The zero-order valence-corrected chi connectivity index (χ0v) is 16.7. The average molecular weight is 399 g/mol. The first-order valence-electron chi connectivity index (χ1n) is 8.84. The highest BCUT2D eigenvalue weighted by molar-refractivity contribution is 5.98. The molecule has 0 spiro atoms. The van der Waals surface area contributed by atoms with E-state index in [2.05, 4.69) is 21.8 Å². The zero-order chi connectivity index (χ0) is 17.0. The van der Waals surface area contributed by atoms with Crippen LogP contribution in [0.3, 0.4) is 0 Å². The third-order valence-corrected chi connectivity index (χ3v) is 4.79. The van der Waals surface area contributed by atoms with Crippen molar-refractivity contribution in [3.05, 3.63) is 36.7 Å². The molecule has 1 heterocycles. The summed E-state index contributed by atoms with van der Waals surface area (Å²) in [6.07, 6.45) is 9.67. The van der Waals surface area contributed by atoms with Crippen molar-refractivity contribution in [3.63, 3.8) is 0 Å². The summed E-state index contributed by atoms with van der Waals surface area (Å²) in [4.78, 5) is 17.0. The largest absolute Gasteiger partial charge is 0.331 e. The monoisotopic (exact) mass is 398 g/mol. The van der Waals surface area contributed by atoms with Gasteiger partial charge in [0, 0.05) is 30.2 Å². The van der Waals surface area contributed by atoms with E-state index in [1.54, 1.807) is 0 Å². The minimum absolute atomic E-state index is 0. The van der Waals surface area contributed by atoms with Crippen molar-refractivity contribution in [3.8, 4) is 11.4 Å². The van der Waals surface area contributed by atoms with Crippen LogP contribution in [0, 0.1) is 0 Å². The van der Waals surface area contributed by atoms with Crippen molar-refractivity contribution in [1.82, 2.24) is 9.55 Å². The molecule has 26 heavy (non-hydrogen) atoms. The molecule has 0 radical (unpaired) electrons. The van der Waals surface area contributed by atoms with Gasteiger partial charge in [-0.05, 0) is 31.4 Å². The van der Waals surface area contributed by atoms with Crippen LogP contribution < -0.4 is 11.1 Å². The van der Waals surface area contributed by atoms with Gasteiger partial charge in [-0.25, -0.2) is 4.98 Å². The van der Waals surface area contributed by atoms with Crippen LogP contribution in [-0.2, 0) is 11.3 Å². The number of benzene rings is 1. The molecular weight excluding hydrogens is 371 g/mol. The highest BCUT2D eigenvalue weighted by Crippen LogP contribution is 2.29. The standard InChI is InChI=1S/C19H26N4O.2ClH/c1-2-3-12-23-13-11-21-17(23)15-7-6-8-16(14-15)22-18(24)19(20)9-4-5-10-19;;/h6-8,11,13-14H,2-5,9-10,12,20H2,1H3,(H,22,24);2*1H.